The Kier molecular flexibility index (Phi) is 4.17. The van der Waals surface area contributed by atoms with Crippen molar-refractivity contribution in [3.05, 3.63) is 35.4 Å². The van der Waals surface area contributed by atoms with Gasteiger partial charge in [-0.15, -0.1) is 0 Å². The molecule has 0 saturated heterocycles. The van der Waals surface area contributed by atoms with E-state index in [9.17, 15) is 13.2 Å². The zero-order chi connectivity index (χ0) is 13.1. The quantitative estimate of drug-likeness (QED) is 0.783. The lowest BCUT2D eigenvalue weighted by Crippen LogP contribution is -2.10. The second-order valence-electron chi connectivity index (χ2n) is 4.38. The minimum absolute atomic E-state index is 0.160. The Hall–Kier alpha value is -1.50. The topological polar surface area (TPSA) is 23.8 Å². The van der Waals surface area contributed by atoms with Crippen LogP contribution >= 0.6 is 0 Å². The SMILES string of the molecule is CC(C)C(C#N)Cc1ccc(C(F)(F)F)cc1. The van der Waals surface area contributed by atoms with Crippen molar-refractivity contribution >= 4 is 0 Å². The van der Waals surface area contributed by atoms with Crippen molar-refractivity contribution in [2.45, 2.75) is 26.4 Å². The summed E-state index contributed by atoms with van der Waals surface area (Å²) >= 11 is 0. The van der Waals surface area contributed by atoms with Crippen LogP contribution < -0.4 is 0 Å². The van der Waals surface area contributed by atoms with E-state index >= 15 is 0 Å². The number of alkyl halides is 3. The van der Waals surface area contributed by atoms with E-state index in [1.807, 2.05) is 13.8 Å². The van der Waals surface area contributed by atoms with Gasteiger partial charge in [-0.05, 0) is 30.0 Å². The summed E-state index contributed by atoms with van der Waals surface area (Å²) in [6.45, 7) is 3.86. The smallest absolute Gasteiger partial charge is 0.198 e. The van der Waals surface area contributed by atoms with E-state index in [1.165, 1.54) is 12.1 Å². The maximum absolute atomic E-state index is 12.3. The van der Waals surface area contributed by atoms with E-state index in [2.05, 4.69) is 6.07 Å². The van der Waals surface area contributed by atoms with Crippen molar-refractivity contribution in [2.75, 3.05) is 0 Å². The summed E-state index contributed by atoms with van der Waals surface area (Å²) in [6.07, 6.45) is -3.81. The molecule has 0 bridgehead atoms. The average molecular weight is 241 g/mol. The maximum atomic E-state index is 12.3. The van der Waals surface area contributed by atoms with Crippen molar-refractivity contribution < 1.29 is 13.2 Å². The number of benzene rings is 1. The van der Waals surface area contributed by atoms with Crippen LogP contribution in [0.25, 0.3) is 0 Å². The molecule has 0 saturated carbocycles. The summed E-state index contributed by atoms with van der Waals surface area (Å²) < 4.78 is 37.0. The number of nitrogens with zero attached hydrogens (tertiary/aromatic N) is 1. The fourth-order valence-corrected chi connectivity index (χ4v) is 1.51. The largest absolute Gasteiger partial charge is 0.416 e. The summed E-state index contributed by atoms with van der Waals surface area (Å²) in [5.41, 5.74) is 0.109. The first-order valence-corrected chi connectivity index (χ1v) is 5.40. The molecule has 1 unspecified atom stereocenters. The molecule has 1 atom stereocenters. The van der Waals surface area contributed by atoms with Gasteiger partial charge in [0, 0.05) is 0 Å². The Bertz CT molecular complexity index is 398. The zero-order valence-corrected chi connectivity index (χ0v) is 9.75. The first kappa shape index (κ1) is 13.6. The molecule has 1 nitrogen and oxygen atoms in total. The summed E-state index contributed by atoms with van der Waals surface area (Å²) in [4.78, 5) is 0. The Morgan fingerprint density at radius 2 is 1.71 bits per heavy atom. The predicted octanol–water partition coefficient (Wildman–Crippen LogP) is 4.04. The summed E-state index contributed by atoms with van der Waals surface area (Å²) in [5, 5.41) is 8.91. The van der Waals surface area contributed by atoms with Crippen LogP contribution in [0.1, 0.15) is 25.0 Å². The fourth-order valence-electron chi connectivity index (χ4n) is 1.51. The van der Waals surface area contributed by atoms with E-state index in [0.717, 1.165) is 17.7 Å². The third-order valence-electron chi connectivity index (χ3n) is 2.71. The Labute approximate surface area is 98.9 Å². The van der Waals surface area contributed by atoms with Crippen LogP contribution in [0.5, 0.6) is 0 Å². The van der Waals surface area contributed by atoms with E-state index in [1.54, 1.807) is 0 Å². The molecule has 0 N–H and O–H groups in total. The molecular formula is C13H14F3N. The second-order valence-corrected chi connectivity index (χ2v) is 4.38. The first-order valence-electron chi connectivity index (χ1n) is 5.40. The molecule has 1 aromatic rings. The molecule has 0 spiro atoms. The van der Waals surface area contributed by atoms with Gasteiger partial charge >= 0.3 is 6.18 Å². The Morgan fingerprint density at radius 3 is 2.06 bits per heavy atom. The van der Waals surface area contributed by atoms with Gasteiger partial charge in [-0.3, -0.25) is 0 Å². The summed E-state index contributed by atoms with van der Waals surface area (Å²) in [6, 6.07) is 7.17. The van der Waals surface area contributed by atoms with Crippen molar-refractivity contribution in [1.82, 2.24) is 0 Å². The fraction of sp³-hybridized carbons (Fsp3) is 0.462. The zero-order valence-electron chi connectivity index (χ0n) is 9.75. The van der Waals surface area contributed by atoms with Gasteiger partial charge in [0.15, 0.2) is 0 Å². The van der Waals surface area contributed by atoms with Crippen molar-refractivity contribution in [3.8, 4) is 6.07 Å². The molecule has 0 aliphatic carbocycles. The normalized spacial score (nSPS) is 13.5. The predicted molar refractivity (Wildman–Crippen MR) is 59.1 cm³/mol. The molecule has 0 fully saturated rings. The highest BCUT2D eigenvalue weighted by Crippen LogP contribution is 2.29. The lowest BCUT2D eigenvalue weighted by Gasteiger charge is -2.13. The van der Waals surface area contributed by atoms with Crippen LogP contribution in [-0.2, 0) is 12.6 Å². The van der Waals surface area contributed by atoms with E-state index in [4.69, 9.17) is 5.26 Å². The van der Waals surface area contributed by atoms with Gasteiger partial charge in [0.25, 0.3) is 0 Å². The van der Waals surface area contributed by atoms with Gasteiger partial charge in [-0.25, -0.2) is 0 Å². The lowest BCUT2D eigenvalue weighted by atomic mass is 9.90. The minimum atomic E-state index is -4.30. The summed E-state index contributed by atoms with van der Waals surface area (Å²) in [7, 11) is 0. The molecule has 0 amide bonds. The molecule has 0 aliphatic heterocycles. The third kappa shape index (κ3) is 3.77. The number of rotatable bonds is 3. The van der Waals surface area contributed by atoms with Gasteiger partial charge in [0.05, 0.1) is 17.6 Å². The van der Waals surface area contributed by atoms with Crippen molar-refractivity contribution in [3.63, 3.8) is 0 Å². The highest BCUT2D eigenvalue weighted by atomic mass is 19.4. The minimum Gasteiger partial charge on any atom is -0.198 e. The van der Waals surface area contributed by atoms with Crippen LogP contribution in [-0.4, -0.2) is 0 Å². The van der Waals surface area contributed by atoms with Crippen LogP contribution in [0.2, 0.25) is 0 Å². The van der Waals surface area contributed by atoms with E-state index in [-0.39, 0.29) is 11.8 Å². The molecular weight excluding hydrogens is 227 g/mol. The van der Waals surface area contributed by atoms with Gasteiger partial charge in [-0.1, -0.05) is 26.0 Å². The average Bonchev–Trinajstić information content (AvgIpc) is 2.25. The molecule has 92 valence electrons. The lowest BCUT2D eigenvalue weighted by molar-refractivity contribution is -0.137. The highest BCUT2D eigenvalue weighted by molar-refractivity contribution is 5.25. The highest BCUT2D eigenvalue weighted by Gasteiger charge is 2.30. The third-order valence-corrected chi connectivity index (χ3v) is 2.71. The monoisotopic (exact) mass is 241 g/mol. The second kappa shape index (κ2) is 5.22. The Balaban J connectivity index is 2.79. The molecule has 4 heteroatoms. The number of hydrogen-bond acceptors (Lipinski definition) is 1. The van der Waals surface area contributed by atoms with E-state index in [0.29, 0.717) is 6.42 Å². The summed E-state index contributed by atoms with van der Waals surface area (Å²) in [5.74, 6) is 0.0361. The standard InChI is InChI=1S/C13H14F3N/c1-9(2)11(8-17)7-10-3-5-12(6-4-10)13(14,15)16/h3-6,9,11H,7H2,1-2H3. The number of nitriles is 1. The molecule has 0 heterocycles. The number of hydrogen-bond donors (Lipinski definition) is 0. The molecule has 0 aliphatic rings. The van der Waals surface area contributed by atoms with Crippen molar-refractivity contribution in [2.24, 2.45) is 11.8 Å². The number of halogens is 3. The molecule has 1 rings (SSSR count). The van der Waals surface area contributed by atoms with Gasteiger partial charge in [0.2, 0.25) is 0 Å². The van der Waals surface area contributed by atoms with E-state index < -0.39 is 11.7 Å². The van der Waals surface area contributed by atoms with Crippen LogP contribution in [0, 0.1) is 23.2 Å². The van der Waals surface area contributed by atoms with Crippen molar-refractivity contribution in [1.29, 1.82) is 5.26 Å². The van der Waals surface area contributed by atoms with Crippen LogP contribution in [0.4, 0.5) is 13.2 Å². The van der Waals surface area contributed by atoms with Crippen LogP contribution in [0.3, 0.4) is 0 Å². The molecule has 0 aromatic heterocycles. The van der Waals surface area contributed by atoms with Gasteiger partial charge in [-0.2, -0.15) is 18.4 Å². The van der Waals surface area contributed by atoms with Gasteiger partial charge in [0.1, 0.15) is 0 Å². The molecule has 0 radical (unpaired) electrons. The Morgan fingerprint density at radius 1 is 1.18 bits per heavy atom. The first-order chi connectivity index (χ1) is 7.84. The molecule has 1 aromatic carbocycles. The van der Waals surface area contributed by atoms with Crippen LogP contribution in [0.15, 0.2) is 24.3 Å². The molecule has 17 heavy (non-hydrogen) atoms. The maximum Gasteiger partial charge on any atom is 0.416 e. The van der Waals surface area contributed by atoms with Gasteiger partial charge < -0.3 is 0 Å².